The van der Waals surface area contributed by atoms with Crippen LogP contribution in [0.4, 0.5) is 0 Å². The summed E-state index contributed by atoms with van der Waals surface area (Å²) >= 11 is 0. The Morgan fingerprint density at radius 2 is 2.17 bits per heavy atom. The minimum absolute atomic E-state index is 0.215. The Balaban J connectivity index is 3.01. The lowest BCUT2D eigenvalue weighted by Crippen LogP contribution is -2.20. The summed E-state index contributed by atoms with van der Waals surface area (Å²) in [5.74, 6) is -0.788. The van der Waals surface area contributed by atoms with E-state index in [1.54, 1.807) is 6.92 Å². The van der Waals surface area contributed by atoms with Crippen molar-refractivity contribution in [1.82, 2.24) is 10.2 Å². The number of sulfonamides is 1. The van der Waals surface area contributed by atoms with Crippen LogP contribution in [0.15, 0.2) is 4.90 Å². The molecule has 7 nitrogen and oxygen atoms in total. The zero-order chi connectivity index (χ0) is 13.9. The van der Waals surface area contributed by atoms with Crippen LogP contribution in [0.3, 0.4) is 0 Å². The second-order valence-electron chi connectivity index (χ2n) is 4.08. The molecule has 0 saturated carbocycles. The van der Waals surface area contributed by atoms with Crippen molar-refractivity contribution in [3.63, 3.8) is 0 Å². The molecule has 1 heterocycles. The first-order chi connectivity index (χ1) is 8.27. The molecule has 0 aliphatic rings. The number of rotatable bonds is 5. The van der Waals surface area contributed by atoms with Crippen molar-refractivity contribution >= 4 is 16.0 Å². The number of esters is 1. The molecule has 0 saturated heterocycles. The molecule has 1 unspecified atom stereocenters. The van der Waals surface area contributed by atoms with Crippen LogP contribution in [0.5, 0.6) is 0 Å². The summed E-state index contributed by atoms with van der Waals surface area (Å²) in [4.78, 5) is 11.5. The highest BCUT2D eigenvalue weighted by Gasteiger charge is 2.27. The van der Waals surface area contributed by atoms with E-state index < -0.39 is 16.0 Å². The van der Waals surface area contributed by atoms with Crippen molar-refractivity contribution in [3.05, 3.63) is 11.4 Å². The third-order valence-electron chi connectivity index (χ3n) is 2.37. The zero-order valence-corrected chi connectivity index (χ0v) is 11.4. The van der Waals surface area contributed by atoms with E-state index in [0.29, 0.717) is 6.42 Å². The van der Waals surface area contributed by atoms with Gasteiger partial charge in [-0.25, -0.2) is 18.4 Å². The Labute approximate surface area is 106 Å². The van der Waals surface area contributed by atoms with E-state index in [0.717, 1.165) is 6.42 Å². The van der Waals surface area contributed by atoms with Gasteiger partial charge in [0, 0.05) is 0 Å². The molecule has 0 fully saturated rings. The maximum absolute atomic E-state index is 11.8. The van der Waals surface area contributed by atoms with Gasteiger partial charge in [0.05, 0.1) is 11.8 Å². The number of nitrogens with two attached hydrogens (primary N) is 1. The molecule has 1 atom stereocenters. The average molecular weight is 275 g/mol. The van der Waals surface area contributed by atoms with E-state index in [9.17, 15) is 13.2 Å². The SMILES string of the molecule is CCCC(C)OC(=O)c1n[nH]c(C)c1S(N)(=O)=O. The fourth-order valence-electron chi connectivity index (χ4n) is 1.61. The van der Waals surface area contributed by atoms with E-state index >= 15 is 0 Å². The van der Waals surface area contributed by atoms with Gasteiger partial charge in [0.2, 0.25) is 10.0 Å². The van der Waals surface area contributed by atoms with Gasteiger partial charge in [-0.2, -0.15) is 5.10 Å². The van der Waals surface area contributed by atoms with Crippen molar-refractivity contribution in [2.75, 3.05) is 0 Å². The molecule has 8 heteroatoms. The summed E-state index contributed by atoms with van der Waals surface area (Å²) in [6, 6.07) is 0. The standard InChI is InChI=1S/C10H17N3O4S/c1-4-5-6(2)17-10(14)8-9(18(11,15)16)7(3)12-13-8/h6H,4-5H2,1-3H3,(H,12,13)(H2,11,15,16). The molecule has 1 aromatic heterocycles. The van der Waals surface area contributed by atoms with Crippen molar-refractivity contribution in [2.24, 2.45) is 5.14 Å². The fraction of sp³-hybridized carbons (Fsp3) is 0.600. The lowest BCUT2D eigenvalue weighted by Gasteiger charge is -2.11. The van der Waals surface area contributed by atoms with Crippen LogP contribution < -0.4 is 5.14 Å². The van der Waals surface area contributed by atoms with Crippen LogP contribution in [0.25, 0.3) is 0 Å². The quantitative estimate of drug-likeness (QED) is 0.768. The van der Waals surface area contributed by atoms with Crippen molar-refractivity contribution < 1.29 is 17.9 Å². The van der Waals surface area contributed by atoms with Crippen LogP contribution in [-0.4, -0.2) is 30.7 Å². The molecule has 0 amide bonds. The van der Waals surface area contributed by atoms with Gasteiger partial charge in [0.15, 0.2) is 5.69 Å². The second-order valence-corrected chi connectivity index (χ2v) is 5.57. The summed E-state index contributed by atoms with van der Waals surface area (Å²) in [5.41, 5.74) is -0.0782. The molecule has 0 radical (unpaired) electrons. The number of carbonyl (C=O) groups is 1. The van der Waals surface area contributed by atoms with Gasteiger partial charge in [0.25, 0.3) is 0 Å². The minimum atomic E-state index is -4.01. The molecular weight excluding hydrogens is 258 g/mol. The minimum Gasteiger partial charge on any atom is -0.458 e. The predicted molar refractivity (Wildman–Crippen MR) is 64.5 cm³/mol. The predicted octanol–water partition coefficient (Wildman–Crippen LogP) is 0.711. The third kappa shape index (κ3) is 3.30. The van der Waals surface area contributed by atoms with E-state index in [-0.39, 0.29) is 22.4 Å². The highest BCUT2D eigenvalue weighted by Crippen LogP contribution is 2.17. The molecular formula is C10H17N3O4S. The molecule has 3 N–H and O–H groups in total. The van der Waals surface area contributed by atoms with Gasteiger partial charge in [-0.3, -0.25) is 5.10 Å². The highest BCUT2D eigenvalue weighted by molar-refractivity contribution is 7.89. The van der Waals surface area contributed by atoms with Crippen LogP contribution in [0.1, 0.15) is 42.9 Å². The number of primary sulfonamides is 1. The van der Waals surface area contributed by atoms with Crippen molar-refractivity contribution in [3.8, 4) is 0 Å². The Morgan fingerprint density at radius 1 is 1.56 bits per heavy atom. The highest BCUT2D eigenvalue weighted by atomic mass is 32.2. The molecule has 0 aromatic carbocycles. The number of nitrogens with zero attached hydrogens (tertiary/aromatic N) is 1. The maximum Gasteiger partial charge on any atom is 0.360 e. The van der Waals surface area contributed by atoms with Crippen LogP contribution in [0.2, 0.25) is 0 Å². The molecule has 1 aromatic rings. The Morgan fingerprint density at radius 3 is 2.67 bits per heavy atom. The van der Waals surface area contributed by atoms with E-state index in [4.69, 9.17) is 9.88 Å². The fourth-order valence-corrected chi connectivity index (χ4v) is 2.48. The summed E-state index contributed by atoms with van der Waals surface area (Å²) in [6.45, 7) is 5.16. The number of hydrogen-bond donors (Lipinski definition) is 2. The second kappa shape index (κ2) is 5.49. The zero-order valence-electron chi connectivity index (χ0n) is 10.6. The van der Waals surface area contributed by atoms with Gasteiger partial charge < -0.3 is 4.74 Å². The molecule has 18 heavy (non-hydrogen) atoms. The Hall–Kier alpha value is -1.41. The first-order valence-electron chi connectivity index (χ1n) is 5.56. The average Bonchev–Trinajstić information content (AvgIpc) is 2.59. The number of H-pyrrole nitrogens is 1. The number of aryl methyl sites for hydroxylation is 1. The summed E-state index contributed by atoms with van der Waals surface area (Å²) in [5, 5.41) is 11.1. The number of carbonyl (C=O) groups excluding carboxylic acids is 1. The Bertz CT molecular complexity index is 535. The van der Waals surface area contributed by atoms with E-state index in [2.05, 4.69) is 10.2 Å². The van der Waals surface area contributed by atoms with Crippen LogP contribution >= 0.6 is 0 Å². The van der Waals surface area contributed by atoms with Gasteiger partial charge in [-0.1, -0.05) is 13.3 Å². The first-order valence-corrected chi connectivity index (χ1v) is 7.10. The van der Waals surface area contributed by atoms with E-state index in [1.165, 1.54) is 6.92 Å². The lowest BCUT2D eigenvalue weighted by molar-refractivity contribution is 0.0312. The van der Waals surface area contributed by atoms with Crippen molar-refractivity contribution in [2.45, 2.75) is 44.6 Å². The van der Waals surface area contributed by atoms with Crippen molar-refractivity contribution in [1.29, 1.82) is 0 Å². The summed E-state index contributed by atoms with van der Waals surface area (Å²) < 4.78 is 27.8. The topological polar surface area (TPSA) is 115 Å². The summed E-state index contributed by atoms with van der Waals surface area (Å²) in [6.07, 6.45) is 1.25. The van der Waals surface area contributed by atoms with Gasteiger partial charge in [-0.05, 0) is 20.3 Å². The molecule has 1 rings (SSSR count). The van der Waals surface area contributed by atoms with E-state index in [1.807, 2.05) is 6.92 Å². The molecule has 0 spiro atoms. The molecule has 0 aliphatic heterocycles. The van der Waals surface area contributed by atoms with Gasteiger partial charge in [0.1, 0.15) is 4.90 Å². The van der Waals surface area contributed by atoms with Crippen LogP contribution in [0, 0.1) is 6.92 Å². The number of ether oxygens (including phenoxy) is 1. The third-order valence-corrected chi connectivity index (χ3v) is 3.44. The monoisotopic (exact) mass is 275 g/mol. The summed E-state index contributed by atoms with van der Waals surface area (Å²) in [7, 11) is -4.01. The first kappa shape index (κ1) is 14.7. The molecule has 0 bridgehead atoms. The Kier molecular flexibility index (Phi) is 4.47. The lowest BCUT2D eigenvalue weighted by atomic mass is 10.2. The molecule has 0 aliphatic carbocycles. The number of aromatic amines is 1. The maximum atomic E-state index is 11.8. The van der Waals surface area contributed by atoms with Gasteiger partial charge in [-0.15, -0.1) is 0 Å². The van der Waals surface area contributed by atoms with Crippen LogP contribution in [-0.2, 0) is 14.8 Å². The van der Waals surface area contributed by atoms with Gasteiger partial charge >= 0.3 is 5.97 Å². The number of nitrogens with one attached hydrogen (secondary N) is 1. The largest absolute Gasteiger partial charge is 0.458 e. The number of aromatic nitrogens is 2. The smallest absolute Gasteiger partial charge is 0.360 e. The molecule has 102 valence electrons. The normalized spacial score (nSPS) is 13.3. The number of hydrogen-bond acceptors (Lipinski definition) is 5.